The number of benzene rings is 1. The molecule has 1 heterocycles. The second-order valence-electron chi connectivity index (χ2n) is 5.57. The first-order chi connectivity index (χ1) is 10.2. The summed E-state index contributed by atoms with van der Waals surface area (Å²) < 4.78 is 11.2. The van der Waals surface area contributed by atoms with Crippen molar-refractivity contribution in [2.45, 2.75) is 26.4 Å². The maximum absolute atomic E-state index is 12.0. The molecule has 116 valence electrons. The van der Waals surface area contributed by atoms with E-state index in [-0.39, 0.29) is 5.91 Å². The first-order valence-electron chi connectivity index (χ1n) is 7.52. The number of carbonyl (C=O) groups excluding carboxylic acids is 1. The van der Waals surface area contributed by atoms with Crippen LogP contribution in [0.2, 0.25) is 0 Å². The lowest BCUT2D eigenvalue weighted by Gasteiger charge is -2.26. The molecule has 1 aliphatic rings. The lowest BCUT2D eigenvalue weighted by atomic mass is 10.1. The van der Waals surface area contributed by atoms with Crippen LogP contribution in [-0.4, -0.2) is 38.3 Å². The highest BCUT2D eigenvalue weighted by molar-refractivity contribution is 5.83. The van der Waals surface area contributed by atoms with Gasteiger partial charge in [-0.15, -0.1) is 0 Å². The Morgan fingerprint density at radius 2 is 2.24 bits per heavy atom. The monoisotopic (exact) mass is 292 g/mol. The van der Waals surface area contributed by atoms with Gasteiger partial charge in [0.05, 0.1) is 18.8 Å². The van der Waals surface area contributed by atoms with Gasteiger partial charge < -0.3 is 20.1 Å². The predicted molar refractivity (Wildman–Crippen MR) is 82.6 cm³/mol. The largest absolute Gasteiger partial charge is 0.477 e. The van der Waals surface area contributed by atoms with E-state index in [1.807, 2.05) is 24.3 Å². The Hall–Kier alpha value is -1.75. The molecule has 5 nitrogen and oxygen atoms in total. The molecule has 0 fully saturated rings. The van der Waals surface area contributed by atoms with Crippen LogP contribution in [0.4, 0.5) is 5.69 Å². The molecule has 0 saturated carbocycles. The van der Waals surface area contributed by atoms with Crippen molar-refractivity contribution in [1.29, 1.82) is 0 Å². The number of nitrogens with one attached hydrogen (secondary N) is 2. The van der Waals surface area contributed by atoms with Crippen LogP contribution >= 0.6 is 0 Å². The number of amides is 1. The number of hydrogen-bond acceptors (Lipinski definition) is 4. The summed E-state index contributed by atoms with van der Waals surface area (Å²) in [5, 5.41) is 6.04. The molecule has 0 bridgehead atoms. The van der Waals surface area contributed by atoms with Crippen molar-refractivity contribution < 1.29 is 14.3 Å². The first-order valence-corrected chi connectivity index (χ1v) is 7.52. The minimum absolute atomic E-state index is 0.107. The maximum Gasteiger partial charge on any atom is 0.263 e. The van der Waals surface area contributed by atoms with Crippen LogP contribution in [0.3, 0.4) is 0 Å². The van der Waals surface area contributed by atoms with Gasteiger partial charge >= 0.3 is 0 Å². The molecule has 2 N–H and O–H groups in total. The first kappa shape index (κ1) is 15.6. The second kappa shape index (κ2) is 7.88. The van der Waals surface area contributed by atoms with Gasteiger partial charge in [-0.25, -0.2) is 0 Å². The summed E-state index contributed by atoms with van der Waals surface area (Å²) in [6.45, 7) is 6.60. The normalized spacial score (nSPS) is 16.8. The van der Waals surface area contributed by atoms with Crippen molar-refractivity contribution in [3.8, 4) is 5.75 Å². The minimum Gasteiger partial charge on any atom is -0.477 e. The zero-order chi connectivity index (χ0) is 15.1. The molecule has 5 heteroatoms. The Kier molecular flexibility index (Phi) is 5.87. The third-order valence-electron chi connectivity index (χ3n) is 3.31. The number of fused-ring (bicyclic) bond motifs is 1. The molecule has 2 rings (SSSR count). The van der Waals surface area contributed by atoms with E-state index >= 15 is 0 Å². The summed E-state index contributed by atoms with van der Waals surface area (Å²) in [6.07, 6.45) is 0.552. The molecule has 1 atom stereocenters. The Morgan fingerprint density at radius 3 is 3.05 bits per heavy atom. The Labute approximate surface area is 126 Å². The topological polar surface area (TPSA) is 59.6 Å². The Morgan fingerprint density at radius 1 is 1.43 bits per heavy atom. The van der Waals surface area contributed by atoms with E-state index in [2.05, 4.69) is 24.5 Å². The summed E-state index contributed by atoms with van der Waals surface area (Å²) in [4.78, 5) is 12.0. The summed E-state index contributed by atoms with van der Waals surface area (Å²) >= 11 is 0. The van der Waals surface area contributed by atoms with Gasteiger partial charge in [0.2, 0.25) is 0 Å². The van der Waals surface area contributed by atoms with Crippen LogP contribution in [-0.2, 0) is 9.53 Å². The van der Waals surface area contributed by atoms with Crippen LogP contribution in [0, 0.1) is 5.92 Å². The fraction of sp³-hybridized carbons (Fsp3) is 0.562. The van der Waals surface area contributed by atoms with Gasteiger partial charge in [0.1, 0.15) is 5.75 Å². The van der Waals surface area contributed by atoms with Gasteiger partial charge in [0, 0.05) is 13.2 Å². The van der Waals surface area contributed by atoms with Crippen molar-refractivity contribution >= 4 is 11.6 Å². The fourth-order valence-corrected chi connectivity index (χ4v) is 2.04. The predicted octanol–water partition coefficient (Wildman–Crippen LogP) is 2.04. The molecule has 21 heavy (non-hydrogen) atoms. The number of ether oxygens (including phenoxy) is 2. The van der Waals surface area contributed by atoms with Crippen molar-refractivity contribution in [3.63, 3.8) is 0 Å². The molecule has 0 saturated heterocycles. The average Bonchev–Trinajstić information content (AvgIpc) is 2.49. The van der Waals surface area contributed by atoms with Gasteiger partial charge in [-0.3, -0.25) is 4.79 Å². The molecular formula is C16H24N2O3. The van der Waals surface area contributed by atoms with Gasteiger partial charge in [0.25, 0.3) is 5.91 Å². The van der Waals surface area contributed by atoms with E-state index in [9.17, 15) is 4.79 Å². The number of rotatable bonds is 7. The van der Waals surface area contributed by atoms with Crippen LogP contribution in [0.5, 0.6) is 5.75 Å². The Balaban J connectivity index is 1.66. The van der Waals surface area contributed by atoms with Gasteiger partial charge in [-0.05, 0) is 24.5 Å². The number of hydrogen-bond donors (Lipinski definition) is 2. The van der Waals surface area contributed by atoms with Crippen molar-refractivity contribution in [1.82, 2.24) is 5.32 Å². The maximum atomic E-state index is 12.0. The fourth-order valence-electron chi connectivity index (χ4n) is 2.04. The molecule has 1 amide bonds. The van der Waals surface area contributed by atoms with Crippen LogP contribution in [0.25, 0.3) is 0 Å². The molecule has 1 aromatic rings. The van der Waals surface area contributed by atoms with Gasteiger partial charge in [-0.1, -0.05) is 26.0 Å². The second-order valence-corrected chi connectivity index (χ2v) is 5.57. The SMILES string of the molecule is CC(C)CCOCCNC(=O)C1CNc2ccccc2O1. The van der Waals surface area contributed by atoms with Gasteiger partial charge in [-0.2, -0.15) is 0 Å². The number of carbonyl (C=O) groups is 1. The van der Waals surface area contributed by atoms with Crippen LogP contribution in [0.15, 0.2) is 24.3 Å². The highest BCUT2D eigenvalue weighted by atomic mass is 16.5. The number of para-hydroxylation sites is 2. The van der Waals surface area contributed by atoms with E-state index in [0.29, 0.717) is 25.6 Å². The molecule has 1 aromatic carbocycles. The highest BCUT2D eigenvalue weighted by Gasteiger charge is 2.25. The average molecular weight is 292 g/mol. The molecule has 0 spiro atoms. The highest BCUT2D eigenvalue weighted by Crippen LogP contribution is 2.28. The van der Waals surface area contributed by atoms with E-state index in [0.717, 1.165) is 24.5 Å². The quantitative estimate of drug-likeness (QED) is 0.755. The summed E-state index contributed by atoms with van der Waals surface area (Å²) in [5.41, 5.74) is 0.929. The molecule has 1 unspecified atom stereocenters. The third-order valence-corrected chi connectivity index (χ3v) is 3.31. The zero-order valence-corrected chi connectivity index (χ0v) is 12.7. The number of anilines is 1. The van der Waals surface area contributed by atoms with E-state index in [1.165, 1.54) is 0 Å². The van der Waals surface area contributed by atoms with Crippen LogP contribution < -0.4 is 15.4 Å². The smallest absolute Gasteiger partial charge is 0.263 e. The molecular weight excluding hydrogens is 268 g/mol. The van der Waals surface area contributed by atoms with Crippen molar-refractivity contribution in [2.24, 2.45) is 5.92 Å². The van der Waals surface area contributed by atoms with Crippen LogP contribution in [0.1, 0.15) is 20.3 Å². The van der Waals surface area contributed by atoms with Crippen molar-refractivity contribution in [2.75, 3.05) is 31.6 Å². The van der Waals surface area contributed by atoms with E-state index < -0.39 is 6.10 Å². The standard InChI is InChI=1S/C16H24N2O3/c1-12(2)7-9-20-10-8-17-16(19)15-11-18-13-5-3-4-6-14(13)21-15/h3-6,12,15,18H,7-11H2,1-2H3,(H,17,19). The van der Waals surface area contributed by atoms with E-state index in [1.54, 1.807) is 0 Å². The van der Waals surface area contributed by atoms with Gasteiger partial charge in [0.15, 0.2) is 6.10 Å². The zero-order valence-electron chi connectivity index (χ0n) is 12.7. The molecule has 0 radical (unpaired) electrons. The lowest BCUT2D eigenvalue weighted by Crippen LogP contribution is -2.45. The molecule has 1 aliphatic heterocycles. The van der Waals surface area contributed by atoms with Crippen molar-refractivity contribution in [3.05, 3.63) is 24.3 Å². The molecule has 0 aliphatic carbocycles. The Bertz CT molecular complexity index is 463. The summed E-state index contributed by atoms with van der Waals surface area (Å²) in [7, 11) is 0. The van der Waals surface area contributed by atoms with E-state index in [4.69, 9.17) is 9.47 Å². The lowest BCUT2D eigenvalue weighted by molar-refractivity contribution is -0.127. The molecule has 0 aromatic heterocycles. The summed E-state index contributed by atoms with van der Waals surface area (Å²) in [5.74, 6) is 1.25. The summed E-state index contributed by atoms with van der Waals surface area (Å²) in [6, 6.07) is 7.62. The minimum atomic E-state index is -0.490. The third kappa shape index (κ3) is 4.93.